The molecule has 33 heteroatoms. The molecule has 320 valence electrons. The van der Waals surface area contributed by atoms with Gasteiger partial charge in [-0.1, -0.05) is 0 Å². The van der Waals surface area contributed by atoms with E-state index in [0.29, 0.717) is 24.3 Å². The predicted molar refractivity (Wildman–Crippen MR) is 207 cm³/mol. The first-order valence-electron chi connectivity index (χ1n) is 16.9. The Bertz CT molecular complexity index is 3450. The molecule has 0 atom stereocenters. The van der Waals surface area contributed by atoms with Gasteiger partial charge in [0.05, 0.1) is 109 Å². The minimum absolute atomic E-state index is 0. The fourth-order valence-corrected chi connectivity index (χ4v) is 7.02. The van der Waals surface area contributed by atoms with Gasteiger partial charge in [0.15, 0.2) is 0 Å². The van der Waals surface area contributed by atoms with Crippen LogP contribution in [0.25, 0.3) is 89.7 Å². The maximum atomic E-state index is 12.5. The Morgan fingerprint density at radius 1 is 0.338 bits per heavy atom. The van der Waals surface area contributed by atoms with Crippen molar-refractivity contribution in [2.24, 2.45) is 0 Å². The zero-order valence-corrected chi connectivity index (χ0v) is 31.8. The van der Waals surface area contributed by atoms with Crippen LogP contribution in [0.5, 0.6) is 0 Å². The van der Waals surface area contributed by atoms with Crippen molar-refractivity contribution in [3.8, 4) is 45.6 Å². The molecule has 9 rings (SSSR count). The van der Waals surface area contributed by atoms with E-state index >= 15 is 0 Å². The van der Waals surface area contributed by atoms with Gasteiger partial charge in [0.1, 0.15) is 0 Å². The van der Waals surface area contributed by atoms with Gasteiger partial charge in [-0.05, 0) is 0 Å². The number of nitro groups is 8. The number of non-ortho nitro benzene ring substituents is 6. The van der Waals surface area contributed by atoms with Crippen LogP contribution in [0.1, 0.15) is 0 Å². The van der Waals surface area contributed by atoms with Crippen molar-refractivity contribution in [3.05, 3.63) is 129 Å². The standard InChI is InChI=1S/C32H8N16O16.Fe/c49-41(50)9-1-13-21(17(5-9)45(57)58)29-35-25(13)33-26-14-2-10(42(51)52)6-18(46(59)60)22(14)31(36-26)40-32-24-16(4-12(44(55)56)8-20(24)48(63)64)28(38-32)34-27-15-3-11(43(53)54)7-19(47(61)62)23(15)30(37-27)39-29;/h1-8H;/q-2;+2. The maximum Gasteiger partial charge on any atom is 2.00 e. The van der Waals surface area contributed by atoms with Gasteiger partial charge in [-0.15, -0.1) is 0 Å². The summed E-state index contributed by atoms with van der Waals surface area (Å²) in [6.07, 6.45) is 0. The number of aromatic nitrogens is 8. The number of nitrogens with zero attached hydrogens (tertiary/aromatic N) is 16. The van der Waals surface area contributed by atoms with E-state index in [2.05, 4.69) is 39.9 Å². The quantitative estimate of drug-likeness (QED) is 0.105. The molecular formula is C32H8FeN16O16. The Balaban J connectivity index is 0.00000576. The molecule has 2 aliphatic rings. The van der Waals surface area contributed by atoms with E-state index in [0.717, 1.165) is 24.3 Å². The Labute approximate surface area is 360 Å². The van der Waals surface area contributed by atoms with Crippen LogP contribution < -0.4 is 9.97 Å². The Hall–Kier alpha value is -10.0. The Morgan fingerprint density at radius 3 is 0.938 bits per heavy atom. The number of hydrogen-bond donors (Lipinski definition) is 0. The summed E-state index contributed by atoms with van der Waals surface area (Å²) in [7, 11) is 0. The van der Waals surface area contributed by atoms with Gasteiger partial charge >= 0.3 is 17.1 Å². The normalized spacial score (nSPS) is 11.3. The third-order valence-electron chi connectivity index (χ3n) is 9.59. The molecule has 32 nitrogen and oxygen atoms in total. The largest absolute Gasteiger partial charge is 2.00 e. The summed E-state index contributed by atoms with van der Waals surface area (Å²) < 4.78 is 0. The van der Waals surface area contributed by atoms with Crippen molar-refractivity contribution in [2.75, 3.05) is 0 Å². The number of nitro benzene ring substituents is 8. The molecule has 0 spiro atoms. The van der Waals surface area contributed by atoms with E-state index in [4.69, 9.17) is 0 Å². The summed E-state index contributed by atoms with van der Waals surface area (Å²) in [6, 6.07) is 5.08. The van der Waals surface area contributed by atoms with Crippen LogP contribution in [0.15, 0.2) is 48.5 Å². The molecule has 0 unspecified atom stereocenters. The number of hydrogen-bond acceptors (Lipinski definition) is 22. The van der Waals surface area contributed by atoms with Crippen molar-refractivity contribution in [3.63, 3.8) is 0 Å². The average molecular weight is 928 g/mol. The van der Waals surface area contributed by atoms with Gasteiger partial charge in [0, 0.05) is 68.8 Å². The van der Waals surface area contributed by atoms with Crippen molar-refractivity contribution in [1.82, 2.24) is 39.9 Å². The average Bonchev–Trinajstić information content (AvgIpc) is 3.97. The SMILES string of the molecule is O=[N+]([O-])c1cc2c(c([N+](=O)[O-])c1)-c1nc-2nc2[n-]c(nc3nc(nc4[n-]c(n1)c1c([N+](=O)[O-])cc([N+](=O)[O-])cc41)-c1cc([N+](=O)[O-])cc([N+](=O)[O-])c1-3)c1c([N+](=O)[O-])cc([N+](=O)[O-])cc21.[Fe+2]. The molecule has 65 heavy (non-hydrogen) atoms. The van der Waals surface area contributed by atoms with Gasteiger partial charge in [-0.25, -0.2) is 9.97 Å². The molecule has 0 N–H and O–H groups in total. The maximum absolute atomic E-state index is 12.5. The van der Waals surface area contributed by atoms with E-state index in [9.17, 15) is 80.9 Å². The van der Waals surface area contributed by atoms with Crippen LogP contribution in [-0.2, 0) is 17.1 Å². The second-order valence-electron chi connectivity index (χ2n) is 13.1. The van der Waals surface area contributed by atoms with Gasteiger partial charge in [0.2, 0.25) is 0 Å². The molecule has 7 aromatic rings. The van der Waals surface area contributed by atoms with Gasteiger partial charge in [0.25, 0.3) is 45.5 Å². The molecule has 0 aliphatic carbocycles. The van der Waals surface area contributed by atoms with Crippen LogP contribution in [0.4, 0.5) is 45.5 Å². The van der Waals surface area contributed by atoms with Crippen LogP contribution in [0, 0.1) is 80.9 Å². The van der Waals surface area contributed by atoms with Crippen molar-refractivity contribution >= 4 is 89.6 Å². The van der Waals surface area contributed by atoms with E-state index in [1.807, 2.05) is 0 Å². The summed E-state index contributed by atoms with van der Waals surface area (Å²) >= 11 is 0. The molecule has 2 aliphatic heterocycles. The first-order valence-corrected chi connectivity index (χ1v) is 16.9. The summed E-state index contributed by atoms with van der Waals surface area (Å²) in [5.41, 5.74) is -13.1. The van der Waals surface area contributed by atoms with Crippen LogP contribution in [0.3, 0.4) is 0 Å². The van der Waals surface area contributed by atoms with Crippen LogP contribution in [0.2, 0.25) is 0 Å². The van der Waals surface area contributed by atoms with E-state index in [1.54, 1.807) is 0 Å². The topological polar surface area (TPSA) is 451 Å². The minimum atomic E-state index is -1.08. The zero-order valence-electron chi connectivity index (χ0n) is 30.7. The molecule has 4 aromatic carbocycles. The minimum Gasteiger partial charge on any atom is -0.357 e. The molecule has 0 amide bonds. The Kier molecular flexibility index (Phi) is 9.34. The molecule has 0 radical (unpaired) electrons. The molecule has 0 fully saturated rings. The van der Waals surface area contributed by atoms with Gasteiger partial charge < -0.3 is 29.9 Å². The summed E-state index contributed by atoms with van der Waals surface area (Å²) in [4.78, 5) is 123. The second kappa shape index (κ2) is 14.6. The zero-order chi connectivity index (χ0) is 45.8. The molecule has 3 aromatic heterocycles. The summed E-state index contributed by atoms with van der Waals surface area (Å²) in [5.74, 6) is -2.99. The number of benzene rings is 4. The number of rotatable bonds is 8. The van der Waals surface area contributed by atoms with Crippen LogP contribution in [-0.4, -0.2) is 69.3 Å². The Morgan fingerprint density at radius 2 is 0.631 bits per heavy atom. The monoisotopic (exact) mass is 928 g/mol. The fourth-order valence-electron chi connectivity index (χ4n) is 7.02. The molecule has 8 bridgehead atoms. The van der Waals surface area contributed by atoms with Crippen molar-refractivity contribution in [1.29, 1.82) is 0 Å². The summed E-state index contributed by atoms with van der Waals surface area (Å²) in [5, 5.41) is 95.7. The van der Waals surface area contributed by atoms with Gasteiger partial charge in [-0.2, -0.15) is 0 Å². The number of fused-ring (bicyclic) bond motifs is 20. The van der Waals surface area contributed by atoms with Crippen molar-refractivity contribution in [2.45, 2.75) is 0 Å². The first kappa shape index (κ1) is 41.7. The first-order chi connectivity index (χ1) is 30.3. The van der Waals surface area contributed by atoms with Crippen LogP contribution >= 0.6 is 0 Å². The van der Waals surface area contributed by atoms with Gasteiger partial charge in [-0.3, -0.25) is 80.9 Å². The third kappa shape index (κ3) is 6.48. The molecule has 5 heterocycles. The van der Waals surface area contributed by atoms with Crippen molar-refractivity contribution < 1.29 is 56.5 Å². The predicted octanol–water partition coefficient (Wildman–Crippen LogP) is 5.39. The van der Waals surface area contributed by atoms with E-state index < -0.39 is 175 Å². The van der Waals surface area contributed by atoms with E-state index in [-0.39, 0.29) is 17.1 Å². The smallest absolute Gasteiger partial charge is 0.357 e. The summed E-state index contributed by atoms with van der Waals surface area (Å²) in [6.45, 7) is 0. The van der Waals surface area contributed by atoms with E-state index in [1.165, 1.54) is 0 Å². The fraction of sp³-hybridized carbons (Fsp3) is 0. The molecular weight excluding hydrogens is 920 g/mol. The third-order valence-corrected chi connectivity index (χ3v) is 9.59. The molecule has 0 saturated heterocycles. The second-order valence-corrected chi connectivity index (χ2v) is 13.1. The molecule has 0 saturated carbocycles.